The average Bonchev–Trinajstić information content (AvgIpc) is 3.69. The summed E-state index contributed by atoms with van der Waals surface area (Å²) in [4.78, 5) is 36.2. The Morgan fingerprint density at radius 3 is 2.57 bits per heavy atom. The molecular weight excluding hydrogens is 592 g/mol. The molecule has 1 saturated carbocycles. The SMILES string of the molecule is COc1cc(C(=O)N2C[C@H](N)C[C@@H](F)C2)cc2nc(-c3cc4ccc(-c5ccc(CC(N)=O)c(F)c5)nc4n3CC3CC3)n(C)c12. The van der Waals surface area contributed by atoms with E-state index in [2.05, 4.69) is 4.57 Å². The normalized spacial score (nSPS) is 18.4. The number of carbonyl (C=O) groups excluding carboxylic acids is 2. The highest BCUT2D eigenvalue weighted by molar-refractivity contribution is 6.00. The Hall–Kier alpha value is -4.84. The first-order valence-corrected chi connectivity index (χ1v) is 15.4. The first-order chi connectivity index (χ1) is 22.1. The number of methoxy groups -OCH3 is 1. The maximum absolute atomic E-state index is 14.8. The average molecular weight is 628 g/mol. The van der Waals surface area contributed by atoms with Crippen molar-refractivity contribution in [2.75, 3.05) is 20.2 Å². The number of aromatic nitrogens is 4. The Morgan fingerprint density at radius 1 is 1.07 bits per heavy atom. The Balaban J connectivity index is 1.31. The van der Waals surface area contributed by atoms with Crippen LogP contribution in [0.25, 0.3) is 44.8 Å². The second-order valence-corrected chi connectivity index (χ2v) is 12.5. The van der Waals surface area contributed by atoms with Crippen LogP contribution in [0.5, 0.6) is 5.75 Å². The van der Waals surface area contributed by atoms with Crippen molar-refractivity contribution < 1.29 is 23.1 Å². The second-order valence-electron chi connectivity index (χ2n) is 12.5. The molecule has 2 aliphatic rings. The van der Waals surface area contributed by atoms with Gasteiger partial charge in [-0.25, -0.2) is 18.7 Å². The molecule has 46 heavy (non-hydrogen) atoms. The third-order valence-corrected chi connectivity index (χ3v) is 8.94. The summed E-state index contributed by atoms with van der Waals surface area (Å²) in [5, 5.41) is 0.905. The summed E-state index contributed by atoms with van der Waals surface area (Å²) in [6.45, 7) is 1.03. The molecule has 12 heteroatoms. The van der Waals surface area contributed by atoms with Gasteiger partial charge in [-0.05, 0) is 67.1 Å². The number of aryl methyl sites for hydroxylation is 1. The highest BCUT2D eigenvalue weighted by Gasteiger charge is 2.30. The van der Waals surface area contributed by atoms with Gasteiger partial charge >= 0.3 is 0 Å². The molecule has 7 rings (SSSR count). The van der Waals surface area contributed by atoms with Gasteiger partial charge in [-0.2, -0.15) is 0 Å². The van der Waals surface area contributed by atoms with Crippen LogP contribution >= 0.6 is 0 Å². The first-order valence-electron chi connectivity index (χ1n) is 15.4. The van der Waals surface area contributed by atoms with Crippen molar-refractivity contribution in [3.63, 3.8) is 0 Å². The molecule has 2 atom stereocenters. The lowest BCUT2D eigenvalue weighted by Crippen LogP contribution is -2.50. The maximum Gasteiger partial charge on any atom is 0.254 e. The molecule has 0 unspecified atom stereocenters. The number of pyridine rings is 1. The number of hydrogen-bond donors (Lipinski definition) is 2. The molecule has 0 bridgehead atoms. The lowest BCUT2D eigenvalue weighted by molar-refractivity contribution is -0.117. The molecule has 1 saturated heterocycles. The van der Waals surface area contributed by atoms with Crippen molar-refractivity contribution >= 4 is 33.9 Å². The third kappa shape index (κ3) is 5.46. The van der Waals surface area contributed by atoms with E-state index in [9.17, 15) is 18.4 Å². The highest BCUT2D eigenvalue weighted by atomic mass is 19.1. The zero-order valence-corrected chi connectivity index (χ0v) is 25.7. The largest absolute Gasteiger partial charge is 0.494 e. The summed E-state index contributed by atoms with van der Waals surface area (Å²) in [5.74, 6) is 0.237. The van der Waals surface area contributed by atoms with E-state index in [1.165, 1.54) is 11.0 Å². The molecule has 1 aliphatic carbocycles. The van der Waals surface area contributed by atoms with E-state index < -0.39 is 23.9 Å². The number of fused-ring (bicyclic) bond motifs is 2. The van der Waals surface area contributed by atoms with Gasteiger partial charge in [-0.3, -0.25) is 9.59 Å². The Labute approximate surface area is 263 Å². The Kier molecular flexibility index (Phi) is 7.47. The monoisotopic (exact) mass is 627 g/mol. The number of likely N-dealkylation sites (tertiary alicyclic amines) is 1. The number of benzene rings is 2. The van der Waals surface area contributed by atoms with E-state index in [4.69, 9.17) is 26.2 Å². The number of nitrogens with two attached hydrogens (primary N) is 2. The number of imidazole rings is 1. The maximum atomic E-state index is 14.8. The zero-order valence-electron chi connectivity index (χ0n) is 25.7. The van der Waals surface area contributed by atoms with E-state index in [0.717, 1.165) is 41.6 Å². The van der Waals surface area contributed by atoms with Crippen LogP contribution in [0.15, 0.2) is 48.5 Å². The number of halogens is 2. The number of carbonyl (C=O) groups is 2. The number of ether oxygens (including phenoxy) is 1. The molecule has 0 spiro atoms. The number of primary amides is 1. The van der Waals surface area contributed by atoms with Gasteiger partial charge < -0.3 is 30.2 Å². The smallest absolute Gasteiger partial charge is 0.254 e. The van der Waals surface area contributed by atoms with Crippen molar-refractivity contribution in [3.8, 4) is 28.5 Å². The topological polar surface area (TPSA) is 134 Å². The minimum atomic E-state index is -1.16. The van der Waals surface area contributed by atoms with Crippen LogP contribution in [0.1, 0.15) is 35.2 Å². The van der Waals surface area contributed by atoms with Crippen LogP contribution in [0.3, 0.4) is 0 Å². The van der Waals surface area contributed by atoms with Crippen LogP contribution in [0.4, 0.5) is 8.78 Å². The van der Waals surface area contributed by atoms with Crippen molar-refractivity contribution in [2.45, 2.75) is 44.4 Å². The van der Waals surface area contributed by atoms with E-state index in [1.54, 1.807) is 31.4 Å². The van der Waals surface area contributed by atoms with Gasteiger partial charge in [0.15, 0.2) is 5.82 Å². The van der Waals surface area contributed by atoms with Crippen molar-refractivity contribution in [2.24, 2.45) is 24.4 Å². The van der Waals surface area contributed by atoms with Gasteiger partial charge in [-0.15, -0.1) is 0 Å². The van der Waals surface area contributed by atoms with Gasteiger partial charge in [-0.1, -0.05) is 12.1 Å². The van der Waals surface area contributed by atoms with Gasteiger partial charge in [0.2, 0.25) is 5.91 Å². The highest BCUT2D eigenvalue weighted by Crippen LogP contribution is 2.38. The van der Waals surface area contributed by atoms with Gasteiger partial charge in [0.05, 0.1) is 37.0 Å². The first kappa shape index (κ1) is 29.8. The number of hydrogen-bond acceptors (Lipinski definition) is 6. The summed E-state index contributed by atoms with van der Waals surface area (Å²) in [5.41, 5.74) is 15.9. The van der Waals surface area contributed by atoms with Crippen LogP contribution in [0, 0.1) is 11.7 Å². The molecule has 1 aliphatic heterocycles. The molecule has 4 N–H and O–H groups in total. The Morgan fingerprint density at radius 2 is 1.87 bits per heavy atom. The van der Waals surface area contributed by atoms with Crippen LogP contribution in [0.2, 0.25) is 0 Å². The predicted molar refractivity (Wildman–Crippen MR) is 170 cm³/mol. The van der Waals surface area contributed by atoms with Crippen molar-refractivity contribution in [1.29, 1.82) is 0 Å². The number of nitrogens with zero attached hydrogens (tertiary/aromatic N) is 5. The number of piperidine rings is 1. The lowest BCUT2D eigenvalue weighted by Gasteiger charge is -2.33. The standard InChI is InChI=1S/C34H35F2N7O3/c1-41-31-27(10-22(12-29(31)46-2)34(45)42-16-23(35)14-24(37)17-42)40-33(41)28-11-21-7-8-26(39-32(21)43(28)15-18-3-4-18)20-6-5-19(13-30(38)44)25(36)9-20/h5-12,18,23-24H,3-4,13-17,37H2,1-2H3,(H2,38,44)/t23-,24-/m1/s1. The minimum absolute atomic E-state index is 0.000767. The van der Waals surface area contributed by atoms with E-state index in [0.29, 0.717) is 39.8 Å². The molecule has 5 aromatic rings. The molecule has 3 aromatic heterocycles. The van der Waals surface area contributed by atoms with Crippen LogP contribution < -0.4 is 16.2 Å². The fourth-order valence-corrected chi connectivity index (χ4v) is 6.50. The van der Waals surface area contributed by atoms with E-state index in [1.807, 2.05) is 29.8 Å². The minimum Gasteiger partial charge on any atom is -0.494 e. The van der Waals surface area contributed by atoms with E-state index >= 15 is 0 Å². The molecule has 0 radical (unpaired) electrons. The lowest BCUT2D eigenvalue weighted by atomic mass is 10.0. The molecular formula is C34H35F2N7O3. The number of amides is 2. The number of rotatable bonds is 8. The summed E-state index contributed by atoms with van der Waals surface area (Å²) in [7, 11) is 3.45. The van der Waals surface area contributed by atoms with Gasteiger partial charge in [0.25, 0.3) is 5.91 Å². The number of alkyl halides is 1. The van der Waals surface area contributed by atoms with Gasteiger partial charge in [0, 0.05) is 42.7 Å². The van der Waals surface area contributed by atoms with Crippen molar-refractivity contribution in [1.82, 2.24) is 24.0 Å². The van der Waals surface area contributed by atoms with E-state index in [-0.39, 0.29) is 37.4 Å². The summed E-state index contributed by atoms with van der Waals surface area (Å²) < 4.78 is 38.9. The third-order valence-electron chi connectivity index (χ3n) is 8.94. The molecule has 238 valence electrons. The van der Waals surface area contributed by atoms with Crippen LogP contribution in [-0.4, -0.2) is 68.2 Å². The molecule has 2 amide bonds. The molecule has 10 nitrogen and oxygen atoms in total. The summed E-state index contributed by atoms with van der Waals surface area (Å²) >= 11 is 0. The Bertz CT molecular complexity index is 2010. The molecule has 2 aromatic carbocycles. The second kappa shape index (κ2) is 11.5. The van der Waals surface area contributed by atoms with Crippen molar-refractivity contribution in [3.05, 3.63) is 65.5 Å². The predicted octanol–water partition coefficient (Wildman–Crippen LogP) is 4.35. The fourth-order valence-electron chi connectivity index (χ4n) is 6.50. The summed E-state index contributed by atoms with van der Waals surface area (Å²) in [6, 6.07) is 13.5. The quantitative estimate of drug-likeness (QED) is 0.263. The summed E-state index contributed by atoms with van der Waals surface area (Å²) in [6.07, 6.45) is 1.14. The fraction of sp³-hybridized carbons (Fsp3) is 0.353. The zero-order chi connectivity index (χ0) is 32.3. The molecule has 2 fully saturated rings. The van der Waals surface area contributed by atoms with Crippen LogP contribution in [-0.2, 0) is 24.8 Å². The molecule has 4 heterocycles. The van der Waals surface area contributed by atoms with Gasteiger partial charge in [0.1, 0.15) is 28.9 Å².